The van der Waals surface area contributed by atoms with Crippen molar-refractivity contribution in [3.8, 4) is 0 Å². The molecule has 1 unspecified atom stereocenters. The number of allylic oxidation sites excluding steroid dienone is 2. The van der Waals surface area contributed by atoms with Gasteiger partial charge >= 0.3 is 0 Å². The number of carbonyl (C=O) groups is 2. The van der Waals surface area contributed by atoms with Crippen LogP contribution in [0.2, 0.25) is 0 Å². The molecule has 0 saturated carbocycles. The van der Waals surface area contributed by atoms with Gasteiger partial charge in [0.2, 0.25) is 0 Å². The number of hydrogen-bond acceptors (Lipinski definition) is 3. The molecule has 1 aromatic carbocycles. The molecule has 1 N–H and O–H groups in total. The normalized spacial score (nSPS) is 23.0. The Kier molecular flexibility index (Phi) is 3.58. The van der Waals surface area contributed by atoms with Gasteiger partial charge in [0.25, 0.3) is 11.1 Å². The maximum Gasteiger partial charge on any atom is 0.290 e. The van der Waals surface area contributed by atoms with E-state index in [1.54, 1.807) is 6.08 Å². The molecular formula is C18H16N2O2S. The minimum absolute atomic E-state index is 0.307. The van der Waals surface area contributed by atoms with Crippen molar-refractivity contribution >= 4 is 39.9 Å². The van der Waals surface area contributed by atoms with Crippen molar-refractivity contribution in [3.05, 3.63) is 53.1 Å². The SMILES string of the molecule is O=C1NC(=O)C(=Cc2cccc3c2ccn3C2C=CCCC2)S1. The van der Waals surface area contributed by atoms with E-state index < -0.39 is 0 Å². The molecule has 5 heteroatoms. The maximum atomic E-state index is 11.7. The zero-order valence-corrected chi connectivity index (χ0v) is 13.3. The van der Waals surface area contributed by atoms with Gasteiger partial charge in [-0.2, -0.15) is 0 Å². The van der Waals surface area contributed by atoms with Gasteiger partial charge in [0.1, 0.15) is 0 Å². The second-order valence-electron chi connectivity index (χ2n) is 5.78. The lowest BCUT2D eigenvalue weighted by molar-refractivity contribution is -0.115. The molecule has 116 valence electrons. The Morgan fingerprint density at radius 1 is 1.26 bits per heavy atom. The molecule has 2 aromatic rings. The van der Waals surface area contributed by atoms with E-state index in [1.165, 1.54) is 6.42 Å². The molecule has 0 bridgehead atoms. The van der Waals surface area contributed by atoms with Gasteiger partial charge in [0, 0.05) is 17.1 Å². The number of rotatable bonds is 2. The van der Waals surface area contributed by atoms with Crippen LogP contribution in [0.1, 0.15) is 30.9 Å². The average molecular weight is 324 g/mol. The molecule has 1 aromatic heterocycles. The lowest BCUT2D eigenvalue weighted by Gasteiger charge is -2.19. The number of aromatic nitrogens is 1. The summed E-state index contributed by atoms with van der Waals surface area (Å²) in [5.41, 5.74) is 2.12. The van der Waals surface area contributed by atoms with Crippen LogP contribution in [0.5, 0.6) is 0 Å². The third-order valence-corrected chi connectivity index (χ3v) is 5.12. The van der Waals surface area contributed by atoms with E-state index >= 15 is 0 Å². The van der Waals surface area contributed by atoms with E-state index in [9.17, 15) is 9.59 Å². The molecule has 1 aliphatic heterocycles. The molecule has 1 atom stereocenters. The second-order valence-corrected chi connectivity index (χ2v) is 6.80. The summed E-state index contributed by atoms with van der Waals surface area (Å²) in [5, 5.41) is 3.09. The number of nitrogens with zero attached hydrogens (tertiary/aromatic N) is 1. The number of imide groups is 1. The number of amides is 2. The summed E-state index contributed by atoms with van der Waals surface area (Å²) >= 11 is 0.955. The molecule has 23 heavy (non-hydrogen) atoms. The van der Waals surface area contributed by atoms with Crippen LogP contribution >= 0.6 is 11.8 Å². The molecule has 0 radical (unpaired) electrons. The first kappa shape index (κ1) is 14.3. The van der Waals surface area contributed by atoms with Crippen LogP contribution < -0.4 is 5.32 Å². The zero-order valence-electron chi connectivity index (χ0n) is 12.5. The summed E-state index contributed by atoms with van der Waals surface area (Å²) in [7, 11) is 0. The van der Waals surface area contributed by atoms with Crippen molar-refractivity contribution in [2.75, 3.05) is 0 Å². The number of carbonyl (C=O) groups excluding carboxylic acids is 2. The zero-order chi connectivity index (χ0) is 15.8. The molecular weight excluding hydrogens is 308 g/mol. The Labute approximate surface area is 138 Å². The van der Waals surface area contributed by atoms with E-state index in [-0.39, 0.29) is 11.1 Å². The summed E-state index contributed by atoms with van der Waals surface area (Å²) in [5.74, 6) is -0.313. The monoisotopic (exact) mass is 324 g/mol. The molecule has 1 saturated heterocycles. The Balaban J connectivity index is 1.77. The van der Waals surface area contributed by atoms with Crippen LogP contribution in [-0.2, 0) is 4.79 Å². The third-order valence-electron chi connectivity index (χ3n) is 4.31. The van der Waals surface area contributed by atoms with Crippen molar-refractivity contribution in [3.63, 3.8) is 0 Å². The van der Waals surface area contributed by atoms with Crippen LogP contribution in [0.3, 0.4) is 0 Å². The summed E-state index contributed by atoms with van der Waals surface area (Å²) in [6.45, 7) is 0. The fraction of sp³-hybridized carbons (Fsp3) is 0.222. The topological polar surface area (TPSA) is 51.1 Å². The van der Waals surface area contributed by atoms with Crippen LogP contribution in [0.15, 0.2) is 47.5 Å². The first-order valence-corrected chi connectivity index (χ1v) is 8.55. The lowest BCUT2D eigenvalue weighted by Crippen LogP contribution is -2.17. The van der Waals surface area contributed by atoms with Crippen LogP contribution in [0.4, 0.5) is 4.79 Å². The molecule has 4 rings (SSSR count). The Morgan fingerprint density at radius 2 is 2.17 bits per heavy atom. The second kappa shape index (κ2) is 5.74. The van der Waals surface area contributed by atoms with Gasteiger partial charge in [-0.3, -0.25) is 14.9 Å². The Bertz CT molecular complexity index is 863. The van der Waals surface area contributed by atoms with Gasteiger partial charge in [-0.15, -0.1) is 0 Å². The molecule has 0 spiro atoms. The molecule has 1 aliphatic carbocycles. The number of benzene rings is 1. The maximum absolute atomic E-state index is 11.7. The summed E-state index contributed by atoms with van der Waals surface area (Å²) in [6.07, 6.45) is 12.0. The van der Waals surface area contributed by atoms with Crippen LogP contribution in [-0.4, -0.2) is 15.7 Å². The van der Waals surface area contributed by atoms with Crippen molar-refractivity contribution in [2.24, 2.45) is 0 Å². The number of thioether (sulfide) groups is 1. The first-order valence-electron chi connectivity index (χ1n) is 7.73. The summed E-state index contributed by atoms with van der Waals surface area (Å²) < 4.78 is 2.29. The van der Waals surface area contributed by atoms with E-state index in [0.29, 0.717) is 10.9 Å². The van der Waals surface area contributed by atoms with Gasteiger partial charge in [-0.05, 0) is 54.8 Å². The molecule has 2 amide bonds. The van der Waals surface area contributed by atoms with Crippen molar-refractivity contribution in [1.29, 1.82) is 0 Å². The highest BCUT2D eigenvalue weighted by Crippen LogP contribution is 2.32. The molecule has 2 heterocycles. The van der Waals surface area contributed by atoms with Gasteiger partial charge in [0.05, 0.1) is 10.9 Å². The summed E-state index contributed by atoms with van der Waals surface area (Å²) in [4.78, 5) is 23.5. The highest BCUT2D eigenvalue weighted by atomic mass is 32.2. The van der Waals surface area contributed by atoms with Crippen LogP contribution in [0.25, 0.3) is 17.0 Å². The average Bonchev–Trinajstić information content (AvgIpc) is 3.12. The van der Waals surface area contributed by atoms with Gasteiger partial charge in [-0.25, -0.2) is 0 Å². The number of fused-ring (bicyclic) bond motifs is 1. The van der Waals surface area contributed by atoms with Gasteiger partial charge < -0.3 is 4.57 Å². The van der Waals surface area contributed by atoms with Crippen LogP contribution in [0, 0.1) is 0 Å². The quantitative estimate of drug-likeness (QED) is 0.664. The predicted molar refractivity (Wildman–Crippen MR) is 93.1 cm³/mol. The number of nitrogens with one attached hydrogen (secondary N) is 1. The van der Waals surface area contributed by atoms with Crippen molar-refractivity contribution in [1.82, 2.24) is 9.88 Å². The van der Waals surface area contributed by atoms with Gasteiger partial charge in [0.15, 0.2) is 0 Å². The highest BCUT2D eigenvalue weighted by molar-refractivity contribution is 8.18. The van der Waals surface area contributed by atoms with Crippen molar-refractivity contribution < 1.29 is 9.59 Å². The first-order chi connectivity index (χ1) is 11.2. The van der Waals surface area contributed by atoms with Crippen molar-refractivity contribution in [2.45, 2.75) is 25.3 Å². The van der Waals surface area contributed by atoms with E-state index in [4.69, 9.17) is 0 Å². The highest BCUT2D eigenvalue weighted by Gasteiger charge is 2.25. The number of hydrogen-bond donors (Lipinski definition) is 1. The lowest BCUT2D eigenvalue weighted by atomic mass is 10.0. The minimum Gasteiger partial charge on any atom is -0.341 e. The third kappa shape index (κ3) is 2.61. The Hall–Kier alpha value is -2.27. The van der Waals surface area contributed by atoms with E-state index in [0.717, 1.165) is 41.1 Å². The largest absolute Gasteiger partial charge is 0.341 e. The fourth-order valence-corrected chi connectivity index (χ4v) is 3.89. The summed E-state index contributed by atoms with van der Waals surface area (Å²) in [6, 6.07) is 8.57. The molecule has 2 aliphatic rings. The predicted octanol–water partition coefficient (Wildman–Crippen LogP) is 4.25. The molecule has 4 nitrogen and oxygen atoms in total. The standard InChI is InChI=1S/C18H16N2O2S/c21-17-16(23-18(22)19-17)11-12-5-4-8-15-14(12)9-10-20(15)13-6-2-1-3-7-13/h2,4-6,8-11,13H,1,3,7H2,(H,19,21,22). The fourth-order valence-electron chi connectivity index (χ4n) is 3.22. The van der Waals surface area contributed by atoms with E-state index in [2.05, 4.69) is 40.4 Å². The smallest absolute Gasteiger partial charge is 0.290 e. The van der Waals surface area contributed by atoms with Gasteiger partial charge in [-0.1, -0.05) is 24.3 Å². The minimum atomic E-state index is -0.313. The molecule has 1 fully saturated rings. The van der Waals surface area contributed by atoms with E-state index in [1.807, 2.05) is 12.1 Å². The Morgan fingerprint density at radius 3 is 2.91 bits per heavy atom.